The van der Waals surface area contributed by atoms with Gasteiger partial charge in [0.05, 0.1) is 11.4 Å². The highest BCUT2D eigenvalue weighted by molar-refractivity contribution is 7.89. The summed E-state index contributed by atoms with van der Waals surface area (Å²) < 4.78 is 26.8. The number of nitrogens with one attached hydrogen (secondary N) is 1. The van der Waals surface area contributed by atoms with Crippen LogP contribution in [0.5, 0.6) is 0 Å². The van der Waals surface area contributed by atoms with E-state index in [1.807, 2.05) is 49.4 Å². The third kappa shape index (κ3) is 4.67. The van der Waals surface area contributed by atoms with Crippen LogP contribution in [0.3, 0.4) is 0 Å². The van der Waals surface area contributed by atoms with Gasteiger partial charge in [0.25, 0.3) is 0 Å². The van der Waals surface area contributed by atoms with Crippen LogP contribution in [-0.2, 0) is 21.4 Å². The topological polar surface area (TPSA) is 66.5 Å². The van der Waals surface area contributed by atoms with Crippen molar-refractivity contribution in [3.05, 3.63) is 64.7 Å². The highest BCUT2D eigenvalue weighted by Gasteiger charge is 2.26. The monoisotopic (exact) mass is 360 g/mol. The summed E-state index contributed by atoms with van der Waals surface area (Å²) in [6.45, 7) is 5.63. The van der Waals surface area contributed by atoms with Gasteiger partial charge in [-0.15, -0.1) is 0 Å². The Balaban J connectivity index is 2.09. The van der Waals surface area contributed by atoms with Crippen molar-refractivity contribution < 1.29 is 13.2 Å². The summed E-state index contributed by atoms with van der Waals surface area (Å²) in [6, 6.07) is 13.2. The smallest absolute Gasteiger partial charge is 0.243 e. The highest BCUT2D eigenvalue weighted by atomic mass is 32.2. The van der Waals surface area contributed by atoms with Gasteiger partial charge >= 0.3 is 0 Å². The third-order valence-electron chi connectivity index (χ3n) is 3.97. The molecule has 6 heteroatoms. The molecular formula is C19H24N2O3S. The molecule has 0 aliphatic heterocycles. The Morgan fingerprint density at radius 1 is 1.04 bits per heavy atom. The van der Waals surface area contributed by atoms with Gasteiger partial charge in [-0.3, -0.25) is 4.79 Å². The van der Waals surface area contributed by atoms with Crippen LogP contribution in [0.15, 0.2) is 47.4 Å². The number of carbonyl (C=O) groups is 1. The van der Waals surface area contributed by atoms with Crippen LogP contribution in [0.4, 0.5) is 0 Å². The zero-order chi connectivity index (χ0) is 18.6. The molecule has 2 aromatic rings. The summed E-state index contributed by atoms with van der Waals surface area (Å²) in [6.07, 6.45) is 0. The standard InChI is InChI=1S/C19H24N2O3S/c1-14-10-15(2)19(16(3)11-14)25(23,24)21(4)13-18(22)20-12-17-8-6-5-7-9-17/h5-11H,12-13H2,1-4H3,(H,20,22). The molecular weight excluding hydrogens is 336 g/mol. The lowest BCUT2D eigenvalue weighted by molar-refractivity contribution is -0.121. The molecule has 1 N–H and O–H groups in total. The molecule has 0 unspecified atom stereocenters. The molecule has 0 atom stereocenters. The molecule has 0 saturated heterocycles. The zero-order valence-electron chi connectivity index (χ0n) is 15.0. The number of likely N-dealkylation sites (N-methyl/N-ethyl adjacent to an activating group) is 1. The number of carbonyl (C=O) groups excluding carboxylic acids is 1. The summed E-state index contributed by atoms with van der Waals surface area (Å²) in [5.41, 5.74) is 3.35. The minimum absolute atomic E-state index is 0.220. The average Bonchev–Trinajstić information content (AvgIpc) is 2.52. The summed E-state index contributed by atoms with van der Waals surface area (Å²) in [4.78, 5) is 12.4. The lowest BCUT2D eigenvalue weighted by Crippen LogP contribution is -2.38. The molecule has 0 heterocycles. The number of nitrogens with zero attached hydrogens (tertiary/aromatic N) is 1. The van der Waals surface area contributed by atoms with Gasteiger partial charge in [0.2, 0.25) is 15.9 Å². The van der Waals surface area contributed by atoms with Crippen LogP contribution in [0.25, 0.3) is 0 Å². The van der Waals surface area contributed by atoms with Crippen molar-refractivity contribution in [2.75, 3.05) is 13.6 Å². The molecule has 0 radical (unpaired) electrons. The van der Waals surface area contributed by atoms with E-state index in [0.29, 0.717) is 17.7 Å². The van der Waals surface area contributed by atoms with E-state index < -0.39 is 10.0 Å². The summed E-state index contributed by atoms with van der Waals surface area (Å²) in [5, 5.41) is 2.75. The van der Waals surface area contributed by atoms with Crippen LogP contribution in [0, 0.1) is 20.8 Å². The Morgan fingerprint density at radius 3 is 2.16 bits per heavy atom. The summed E-state index contributed by atoms with van der Waals surface area (Å²) in [7, 11) is -2.30. The summed E-state index contributed by atoms with van der Waals surface area (Å²) >= 11 is 0. The van der Waals surface area contributed by atoms with E-state index in [0.717, 1.165) is 15.4 Å². The Labute approximate surface area is 149 Å². The predicted molar refractivity (Wildman–Crippen MR) is 98.8 cm³/mol. The average molecular weight is 360 g/mol. The van der Waals surface area contributed by atoms with Gasteiger partial charge in [-0.1, -0.05) is 48.0 Å². The normalized spacial score (nSPS) is 11.6. The first-order valence-electron chi connectivity index (χ1n) is 8.06. The van der Waals surface area contributed by atoms with Crippen molar-refractivity contribution in [1.82, 2.24) is 9.62 Å². The van der Waals surface area contributed by atoms with Crippen LogP contribution in [0.2, 0.25) is 0 Å². The second kappa shape index (κ2) is 7.80. The maximum atomic E-state index is 12.8. The zero-order valence-corrected chi connectivity index (χ0v) is 15.9. The number of hydrogen-bond acceptors (Lipinski definition) is 3. The van der Waals surface area contributed by atoms with E-state index in [1.54, 1.807) is 13.8 Å². The number of amides is 1. The molecule has 0 aromatic heterocycles. The van der Waals surface area contributed by atoms with Crippen molar-refractivity contribution in [3.63, 3.8) is 0 Å². The molecule has 25 heavy (non-hydrogen) atoms. The van der Waals surface area contributed by atoms with Gasteiger partial charge in [0.15, 0.2) is 0 Å². The van der Waals surface area contributed by atoms with Crippen LogP contribution >= 0.6 is 0 Å². The van der Waals surface area contributed by atoms with Crippen molar-refractivity contribution in [3.8, 4) is 0 Å². The number of aryl methyl sites for hydroxylation is 3. The van der Waals surface area contributed by atoms with Gasteiger partial charge in [-0.05, 0) is 37.5 Å². The Kier molecular flexibility index (Phi) is 5.98. The molecule has 0 fully saturated rings. The van der Waals surface area contributed by atoms with E-state index in [4.69, 9.17) is 0 Å². The summed E-state index contributed by atoms with van der Waals surface area (Å²) in [5.74, 6) is -0.336. The minimum atomic E-state index is -3.72. The number of rotatable bonds is 6. The van der Waals surface area contributed by atoms with Crippen molar-refractivity contribution in [1.29, 1.82) is 0 Å². The van der Waals surface area contributed by atoms with Crippen LogP contribution in [-0.4, -0.2) is 32.2 Å². The number of benzene rings is 2. The Morgan fingerprint density at radius 2 is 1.60 bits per heavy atom. The van der Waals surface area contributed by atoms with Gasteiger partial charge < -0.3 is 5.32 Å². The van der Waals surface area contributed by atoms with E-state index in [2.05, 4.69) is 5.32 Å². The predicted octanol–water partition coefficient (Wildman–Crippen LogP) is 2.55. The fourth-order valence-electron chi connectivity index (χ4n) is 2.87. The van der Waals surface area contributed by atoms with E-state index >= 15 is 0 Å². The lowest BCUT2D eigenvalue weighted by atomic mass is 10.1. The number of hydrogen-bond donors (Lipinski definition) is 1. The molecule has 2 rings (SSSR count). The van der Waals surface area contributed by atoms with Crippen LogP contribution < -0.4 is 5.32 Å². The molecule has 1 amide bonds. The minimum Gasteiger partial charge on any atom is -0.351 e. The first kappa shape index (κ1) is 19.1. The van der Waals surface area contributed by atoms with Crippen molar-refractivity contribution in [2.24, 2.45) is 0 Å². The number of sulfonamides is 1. The Bertz CT molecular complexity index is 838. The second-order valence-electron chi connectivity index (χ2n) is 6.25. The maximum absolute atomic E-state index is 12.8. The van der Waals surface area contributed by atoms with Gasteiger partial charge in [0, 0.05) is 13.6 Å². The molecule has 0 aliphatic rings. The van der Waals surface area contributed by atoms with Crippen molar-refractivity contribution >= 4 is 15.9 Å². The van der Waals surface area contributed by atoms with E-state index in [1.165, 1.54) is 7.05 Å². The molecule has 0 spiro atoms. The van der Waals surface area contributed by atoms with Crippen LogP contribution in [0.1, 0.15) is 22.3 Å². The third-order valence-corrected chi connectivity index (χ3v) is 6.08. The van der Waals surface area contributed by atoms with Crippen molar-refractivity contribution in [2.45, 2.75) is 32.2 Å². The maximum Gasteiger partial charge on any atom is 0.243 e. The van der Waals surface area contributed by atoms with Gasteiger partial charge in [-0.2, -0.15) is 4.31 Å². The molecule has 0 saturated carbocycles. The first-order chi connectivity index (χ1) is 11.7. The van der Waals surface area contributed by atoms with Gasteiger partial charge in [0.1, 0.15) is 0 Å². The molecule has 5 nitrogen and oxygen atoms in total. The Hall–Kier alpha value is -2.18. The fraction of sp³-hybridized carbons (Fsp3) is 0.316. The van der Waals surface area contributed by atoms with Gasteiger partial charge in [-0.25, -0.2) is 8.42 Å². The SMILES string of the molecule is Cc1cc(C)c(S(=O)(=O)N(C)CC(=O)NCc2ccccc2)c(C)c1. The molecule has 2 aromatic carbocycles. The first-order valence-corrected chi connectivity index (χ1v) is 9.50. The molecule has 134 valence electrons. The largest absolute Gasteiger partial charge is 0.351 e. The fourth-order valence-corrected chi connectivity index (χ4v) is 4.40. The quantitative estimate of drug-likeness (QED) is 0.861. The van der Waals surface area contributed by atoms with E-state index in [9.17, 15) is 13.2 Å². The second-order valence-corrected chi connectivity index (χ2v) is 8.23. The lowest BCUT2D eigenvalue weighted by Gasteiger charge is -2.20. The van der Waals surface area contributed by atoms with E-state index in [-0.39, 0.29) is 17.3 Å². The molecule has 0 bridgehead atoms. The molecule has 0 aliphatic carbocycles. The highest BCUT2D eigenvalue weighted by Crippen LogP contribution is 2.24.